The van der Waals surface area contributed by atoms with Crippen molar-refractivity contribution in [3.63, 3.8) is 0 Å². The molecule has 0 amide bonds. The van der Waals surface area contributed by atoms with Gasteiger partial charge in [-0.05, 0) is 32.9 Å². The van der Waals surface area contributed by atoms with Gasteiger partial charge in [0.2, 0.25) is 5.95 Å². The van der Waals surface area contributed by atoms with Gasteiger partial charge in [0.25, 0.3) is 0 Å². The van der Waals surface area contributed by atoms with Crippen molar-refractivity contribution < 1.29 is 9.47 Å². The maximum Gasteiger partial charge on any atom is 0.321 e. The van der Waals surface area contributed by atoms with E-state index in [0.717, 1.165) is 11.3 Å². The van der Waals surface area contributed by atoms with Crippen LogP contribution in [-0.2, 0) is 0 Å². The Balaban J connectivity index is 2.38. The van der Waals surface area contributed by atoms with Gasteiger partial charge in [-0.25, -0.2) is 0 Å². The number of hydrogen-bond donors (Lipinski definition) is 1. The monoisotopic (exact) mass is 288 g/mol. The van der Waals surface area contributed by atoms with Gasteiger partial charge in [0.05, 0.1) is 12.7 Å². The highest BCUT2D eigenvalue weighted by Gasteiger charge is 2.09. The van der Waals surface area contributed by atoms with Crippen LogP contribution in [-0.4, -0.2) is 34.7 Å². The van der Waals surface area contributed by atoms with Crippen molar-refractivity contribution >= 4 is 5.95 Å². The lowest BCUT2D eigenvalue weighted by Crippen LogP contribution is -2.06. The van der Waals surface area contributed by atoms with Gasteiger partial charge in [-0.2, -0.15) is 15.0 Å². The third kappa shape index (κ3) is 4.05. The van der Waals surface area contributed by atoms with Crippen LogP contribution in [0.5, 0.6) is 11.8 Å². The third-order valence-electron chi connectivity index (χ3n) is 2.58. The van der Waals surface area contributed by atoms with E-state index in [4.69, 9.17) is 9.47 Å². The summed E-state index contributed by atoms with van der Waals surface area (Å²) in [7, 11) is 1.76. The van der Waals surface area contributed by atoms with E-state index in [0.29, 0.717) is 24.4 Å². The van der Waals surface area contributed by atoms with Crippen LogP contribution in [0.2, 0.25) is 0 Å². The summed E-state index contributed by atoms with van der Waals surface area (Å²) in [5.41, 5.74) is 0.855. The molecular formula is C15H20N4O2. The number of hydrogen-bond acceptors (Lipinski definition) is 6. The Morgan fingerprint density at radius 3 is 2.67 bits per heavy atom. The fraction of sp³-hybridized carbons (Fsp3) is 0.400. The van der Waals surface area contributed by atoms with Crippen LogP contribution in [0.15, 0.2) is 24.3 Å². The molecule has 0 unspecified atom stereocenters. The van der Waals surface area contributed by atoms with E-state index in [-0.39, 0.29) is 6.10 Å². The second-order valence-corrected chi connectivity index (χ2v) is 4.64. The van der Waals surface area contributed by atoms with Crippen molar-refractivity contribution in [2.75, 3.05) is 19.0 Å². The molecule has 0 fully saturated rings. The first-order valence-corrected chi connectivity index (χ1v) is 6.96. The number of ether oxygens (including phenoxy) is 2. The predicted molar refractivity (Wildman–Crippen MR) is 81.7 cm³/mol. The first kappa shape index (κ1) is 15.0. The minimum Gasteiger partial charge on any atom is -0.491 e. The van der Waals surface area contributed by atoms with Crippen LogP contribution in [0.3, 0.4) is 0 Å². The van der Waals surface area contributed by atoms with E-state index >= 15 is 0 Å². The van der Waals surface area contributed by atoms with Gasteiger partial charge in [-0.15, -0.1) is 0 Å². The van der Waals surface area contributed by atoms with Gasteiger partial charge in [-0.3, -0.25) is 0 Å². The van der Waals surface area contributed by atoms with E-state index in [9.17, 15) is 0 Å². The smallest absolute Gasteiger partial charge is 0.321 e. The number of aromatic nitrogens is 3. The molecule has 0 aliphatic heterocycles. The van der Waals surface area contributed by atoms with Gasteiger partial charge in [0, 0.05) is 12.6 Å². The van der Waals surface area contributed by atoms with Gasteiger partial charge in [0.1, 0.15) is 5.75 Å². The summed E-state index contributed by atoms with van der Waals surface area (Å²) in [4.78, 5) is 12.8. The SMILES string of the molecule is CCOc1nc(NC)nc(-c2cccc(OC(C)C)c2)n1. The Kier molecular flexibility index (Phi) is 4.92. The predicted octanol–water partition coefficient (Wildman–Crippen LogP) is 2.77. The van der Waals surface area contributed by atoms with Crippen LogP contribution in [0.1, 0.15) is 20.8 Å². The molecule has 1 heterocycles. The normalized spacial score (nSPS) is 10.5. The highest BCUT2D eigenvalue weighted by molar-refractivity contribution is 5.58. The minimum atomic E-state index is 0.116. The van der Waals surface area contributed by atoms with E-state index in [1.807, 2.05) is 45.0 Å². The molecule has 0 bridgehead atoms. The molecule has 1 aromatic heterocycles. The second-order valence-electron chi connectivity index (χ2n) is 4.64. The molecular weight excluding hydrogens is 268 g/mol. The fourth-order valence-corrected chi connectivity index (χ4v) is 1.77. The molecule has 0 saturated heterocycles. The average molecular weight is 288 g/mol. The summed E-state index contributed by atoms with van der Waals surface area (Å²) in [6, 6.07) is 7.97. The summed E-state index contributed by atoms with van der Waals surface area (Å²) in [5, 5.41) is 2.91. The Hall–Kier alpha value is -2.37. The summed E-state index contributed by atoms with van der Waals surface area (Å²) in [6.45, 7) is 6.37. The van der Waals surface area contributed by atoms with E-state index in [2.05, 4.69) is 20.3 Å². The zero-order chi connectivity index (χ0) is 15.2. The van der Waals surface area contributed by atoms with Crippen molar-refractivity contribution in [1.29, 1.82) is 0 Å². The summed E-state index contributed by atoms with van der Waals surface area (Å²) in [5.74, 6) is 1.80. The topological polar surface area (TPSA) is 69.2 Å². The zero-order valence-electron chi connectivity index (χ0n) is 12.8. The molecule has 1 N–H and O–H groups in total. The lowest BCUT2D eigenvalue weighted by molar-refractivity contribution is 0.242. The molecule has 6 nitrogen and oxygen atoms in total. The molecule has 0 radical (unpaired) electrons. The molecule has 2 aromatic rings. The summed E-state index contributed by atoms with van der Waals surface area (Å²) >= 11 is 0. The highest BCUT2D eigenvalue weighted by atomic mass is 16.5. The van der Waals surface area contributed by atoms with E-state index in [1.54, 1.807) is 7.05 Å². The molecule has 6 heteroatoms. The van der Waals surface area contributed by atoms with Crippen molar-refractivity contribution in [2.45, 2.75) is 26.9 Å². The second kappa shape index (κ2) is 6.88. The maximum atomic E-state index is 5.69. The highest BCUT2D eigenvalue weighted by Crippen LogP contribution is 2.23. The Bertz CT molecular complexity index is 602. The average Bonchev–Trinajstić information content (AvgIpc) is 2.47. The van der Waals surface area contributed by atoms with Crippen LogP contribution in [0.4, 0.5) is 5.95 Å². The quantitative estimate of drug-likeness (QED) is 0.881. The lowest BCUT2D eigenvalue weighted by atomic mass is 10.2. The Morgan fingerprint density at radius 2 is 2.00 bits per heavy atom. The number of nitrogens with zero attached hydrogens (tertiary/aromatic N) is 3. The first-order valence-electron chi connectivity index (χ1n) is 6.96. The molecule has 0 atom stereocenters. The molecule has 0 spiro atoms. The zero-order valence-corrected chi connectivity index (χ0v) is 12.8. The molecule has 0 aliphatic rings. The number of nitrogens with one attached hydrogen (secondary N) is 1. The summed E-state index contributed by atoms with van der Waals surface area (Å²) in [6.07, 6.45) is 0.116. The standard InChI is InChI=1S/C15H20N4O2/c1-5-20-15-18-13(17-14(16-4)19-15)11-7-6-8-12(9-11)21-10(2)3/h6-10H,5H2,1-4H3,(H,16,17,18,19). The molecule has 112 valence electrons. The van der Waals surface area contributed by atoms with E-state index in [1.165, 1.54) is 0 Å². The van der Waals surface area contributed by atoms with Gasteiger partial charge < -0.3 is 14.8 Å². The van der Waals surface area contributed by atoms with Gasteiger partial charge in [0.15, 0.2) is 5.82 Å². The number of anilines is 1. The third-order valence-corrected chi connectivity index (χ3v) is 2.58. The van der Waals surface area contributed by atoms with Crippen molar-refractivity contribution in [3.05, 3.63) is 24.3 Å². The minimum absolute atomic E-state index is 0.116. The Morgan fingerprint density at radius 1 is 1.19 bits per heavy atom. The molecule has 1 aromatic carbocycles. The number of benzene rings is 1. The lowest BCUT2D eigenvalue weighted by Gasteiger charge is -2.11. The Labute approximate surface area is 124 Å². The van der Waals surface area contributed by atoms with Gasteiger partial charge >= 0.3 is 6.01 Å². The molecule has 2 rings (SSSR count). The summed E-state index contributed by atoms with van der Waals surface area (Å²) < 4.78 is 11.1. The van der Waals surface area contributed by atoms with Crippen LogP contribution >= 0.6 is 0 Å². The molecule has 0 saturated carbocycles. The van der Waals surface area contributed by atoms with Crippen molar-refractivity contribution in [3.8, 4) is 23.1 Å². The van der Waals surface area contributed by atoms with Crippen molar-refractivity contribution in [2.24, 2.45) is 0 Å². The van der Waals surface area contributed by atoms with Crippen LogP contribution in [0.25, 0.3) is 11.4 Å². The van der Waals surface area contributed by atoms with Gasteiger partial charge in [-0.1, -0.05) is 12.1 Å². The first-order chi connectivity index (χ1) is 10.1. The van der Waals surface area contributed by atoms with Crippen molar-refractivity contribution in [1.82, 2.24) is 15.0 Å². The largest absolute Gasteiger partial charge is 0.491 e. The number of rotatable bonds is 6. The molecule has 0 aliphatic carbocycles. The van der Waals surface area contributed by atoms with Crippen LogP contribution < -0.4 is 14.8 Å². The fourth-order valence-electron chi connectivity index (χ4n) is 1.77. The maximum absolute atomic E-state index is 5.69. The van der Waals surface area contributed by atoms with E-state index < -0.39 is 0 Å². The molecule has 21 heavy (non-hydrogen) atoms. The van der Waals surface area contributed by atoms with Crippen LogP contribution in [0, 0.1) is 0 Å².